The Bertz CT molecular complexity index is 1190. The summed E-state index contributed by atoms with van der Waals surface area (Å²) in [4.78, 5) is 39.2. The zero-order valence-electron chi connectivity index (χ0n) is 19.7. The highest BCUT2D eigenvalue weighted by Crippen LogP contribution is 2.29. The number of amidine groups is 1. The van der Waals surface area contributed by atoms with Crippen LogP contribution in [0.5, 0.6) is 5.75 Å². The molecule has 3 aromatic rings. The number of amides is 1. The van der Waals surface area contributed by atoms with E-state index in [0.29, 0.717) is 35.7 Å². The van der Waals surface area contributed by atoms with E-state index in [9.17, 15) is 9.59 Å². The van der Waals surface area contributed by atoms with Gasteiger partial charge >= 0.3 is 5.97 Å². The van der Waals surface area contributed by atoms with Crippen LogP contribution in [0.15, 0.2) is 61.2 Å². The first-order valence-electron chi connectivity index (χ1n) is 11.1. The summed E-state index contributed by atoms with van der Waals surface area (Å²) < 4.78 is 10.8. The first-order chi connectivity index (χ1) is 16.9. The molecule has 4 rings (SSSR count). The number of pyridine rings is 1. The average molecular weight is 511 g/mol. The molecule has 0 bridgehead atoms. The number of aromatic nitrogens is 3. The number of esters is 1. The van der Waals surface area contributed by atoms with Crippen molar-refractivity contribution in [3.8, 4) is 17.1 Å². The number of ether oxygens (including phenoxy) is 2. The van der Waals surface area contributed by atoms with E-state index in [0.717, 1.165) is 5.56 Å². The van der Waals surface area contributed by atoms with Crippen LogP contribution in [0.25, 0.3) is 11.4 Å². The monoisotopic (exact) mass is 510 g/mol. The number of carbonyl (C=O) groups excluding carboxylic acids is 2. The van der Waals surface area contributed by atoms with Gasteiger partial charge in [0.2, 0.25) is 0 Å². The average Bonchev–Trinajstić information content (AvgIpc) is 3.30. The zero-order chi connectivity index (χ0) is 24.8. The Labute approximate surface area is 214 Å². The van der Waals surface area contributed by atoms with Gasteiger partial charge in [-0.25, -0.2) is 9.97 Å². The van der Waals surface area contributed by atoms with E-state index in [1.54, 1.807) is 23.2 Å². The second-order valence-corrected chi connectivity index (χ2v) is 8.28. The Morgan fingerprint density at radius 3 is 2.44 bits per heavy atom. The van der Waals surface area contributed by atoms with Gasteiger partial charge in [-0.1, -0.05) is 0 Å². The number of likely N-dealkylation sites (tertiary alicyclic amines) is 1. The predicted molar refractivity (Wildman–Crippen MR) is 135 cm³/mol. The van der Waals surface area contributed by atoms with Crippen molar-refractivity contribution in [3.63, 3.8) is 0 Å². The fraction of sp³-hybridized carbons (Fsp3) is 0.280. The summed E-state index contributed by atoms with van der Waals surface area (Å²) in [7, 11) is 1.36. The molecule has 0 aliphatic carbocycles. The Kier molecular flexibility index (Phi) is 8.91. The van der Waals surface area contributed by atoms with Gasteiger partial charge in [-0.05, 0) is 48.7 Å². The molecule has 36 heavy (non-hydrogen) atoms. The number of nitrogens with one attached hydrogen (secondary N) is 1. The molecule has 1 saturated heterocycles. The van der Waals surface area contributed by atoms with Gasteiger partial charge < -0.3 is 20.1 Å². The lowest BCUT2D eigenvalue weighted by atomic mass is 10.0. The van der Waals surface area contributed by atoms with E-state index in [4.69, 9.17) is 20.6 Å². The van der Waals surface area contributed by atoms with Crippen molar-refractivity contribution in [2.45, 2.75) is 18.9 Å². The van der Waals surface area contributed by atoms with Crippen molar-refractivity contribution in [1.29, 1.82) is 5.41 Å². The molecule has 0 spiro atoms. The Morgan fingerprint density at radius 1 is 1.11 bits per heavy atom. The fourth-order valence-corrected chi connectivity index (χ4v) is 4.05. The fourth-order valence-electron chi connectivity index (χ4n) is 4.05. The van der Waals surface area contributed by atoms with Crippen molar-refractivity contribution in [3.05, 3.63) is 72.3 Å². The van der Waals surface area contributed by atoms with E-state index >= 15 is 0 Å². The highest BCUT2D eigenvalue weighted by molar-refractivity contribution is 5.94. The van der Waals surface area contributed by atoms with Crippen LogP contribution in [0.3, 0.4) is 0 Å². The quantitative estimate of drug-likeness (QED) is 0.267. The summed E-state index contributed by atoms with van der Waals surface area (Å²) in [6.45, 7) is 0.732. The van der Waals surface area contributed by atoms with Crippen LogP contribution in [0, 0.1) is 11.3 Å². The molecule has 1 aromatic carbocycles. The van der Waals surface area contributed by atoms with Crippen molar-refractivity contribution < 1.29 is 19.1 Å². The van der Waals surface area contributed by atoms with Crippen LogP contribution >= 0.6 is 12.4 Å². The zero-order valence-corrected chi connectivity index (χ0v) is 20.5. The first kappa shape index (κ1) is 26.6. The summed E-state index contributed by atoms with van der Waals surface area (Å²) in [5.41, 5.74) is 7.19. The lowest BCUT2D eigenvalue weighted by molar-refractivity contribution is -0.141. The van der Waals surface area contributed by atoms with Gasteiger partial charge in [0.1, 0.15) is 18.2 Å². The van der Waals surface area contributed by atoms with E-state index in [-0.39, 0.29) is 55.1 Å². The molecule has 1 fully saturated rings. The molecule has 1 aliphatic heterocycles. The standard InChI is InChI=1S/C25H26N6O4.ClH/c1-34-22(32)10-16-9-20(31(14-16)25(33)18-3-2-8-28-11-18)15-35-21-6-4-17(5-7-21)24-29-12-19(13-30-24)23(26)27;/h2-8,11-13,16,20H,9-10,14-15H2,1H3,(H3,26,27);1H/t16-,20-;/m0./s1. The van der Waals surface area contributed by atoms with Gasteiger partial charge in [0.15, 0.2) is 5.82 Å². The number of rotatable bonds is 8. The van der Waals surface area contributed by atoms with E-state index in [2.05, 4.69) is 15.0 Å². The smallest absolute Gasteiger partial charge is 0.305 e. The molecular formula is C25H27ClN6O4. The third kappa shape index (κ3) is 6.33. The minimum atomic E-state index is -0.292. The lowest BCUT2D eigenvalue weighted by Gasteiger charge is -2.24. The molecule has 2 atom stereocenters. The third-order valence-corrected chi connectivity index (χ3v) is 5.87. The molecule has 0 unspecified atom stereocenters. The molecule has 2 aromatic heterocycles. The summed E-state index contributed by atoms with van der Waals surface area (Å²) in [6.07, 6.45) is 7.06. The normalized spacial score (nSPS) is 16.6. The lowest BCUT2D eigenvalue weighted by Crippen LogP contribution is -2.39. The minimum absolute atomic E-state index is 0. The van der Waals surface area contributed by atoms with Crippen LogP contribution in [0.1, 0.15) is 28.8 Å². The molecule has 1 aliphatic rings. The number of nitrogen functional groups attached to an aromatic ring is 1. The molecular weight excluding hydrogens is 484 g/mol. The highest BCUT2D eigenvalue weighted by atomic mass is 35.5. The van der Waals surface area contributed by atoms with Gasteiger partial charge in [0, 0.05) is 36.9 Å². The van der Waals surface area contributed by atoms with Crippen molar-refractivity contribution in [2.75, 3.05) is 20.3 Å². The van der Waals surface area contributed by atoms with Crippen molar-refractivity contribution in [2.24, 2.45) is 11.7 Å². The number of hydrogen-bond acceptors (Lipinski definition) is 8. The Morgan fingerprint density at radius 2 is 1.83 bits per heavy atom. The summed E-state index contributed by atoms with van der Waals surface area (Å²) >= 11 is 0. The van der Waals surface area contributed by atoms with Crippen LogP contribution in [-0.4, -0.2) is 63.9 Å². The van der Waals surface area contributed by atoms with Crippen molar-refractivity contribution in [1.82, 2.24) is 19.9 Å². The number of carbonyl (C=O) groups is 2. The van der Waals surface area contributed by atoms with E-state index in [1.165, 1.54) is 25.7 Å². The molecule has 0 radical (unpaired) electrons. The Balaban J connectivity index is 0.00000361. The molecule has 11 heteroatoms. The van der Waals surface area contributed by atoms with Gasteiger partial charge in [-0.3, -0.25) is 20.0 Å². The van der Waals surface area contributed by atoms with Crippen LogP contribution in [-0.2, 0) is 9.53 Å². The predicted octanol–water partition coefficient (Wildman–Crippen LogP) is 2.72. The second-order valence-electron chi connectivity index (χ2n) is 8.28. The molecule has 1 amide bonds. The van der Waals surface area contributed by atoms with E-state index < -0.39 is 0 Å². The molecule has 3 N–H and O–H groups in total. The maximum atomic E-state index is 13.1. The maximum absolute atomic E-state index is 13.1. The van der Waals surface area contributed by atoms with Crippen LogP contribution < -0.4 is 10.5 Å². The number of benzene rings is 1. The number of hydrogen-bond donors (Lipinski definition) is 2. The molecule has 188 valence electrons. The van der Waals surface area contributed by atoms with Gasteiger partial charge in [-0.2, -0.15) is 0 Å². The topological polar surface area (TPSA) is 144 Å². The Hall–Kier alpha value is -4.05. The van der Waals surface area contributed by atoms with Gasteiger partial charge in [0.05, 0.1) is 30.7 Å². The molecule has 3 heterocycles. The number of halogens is 1. The molecule has 0 saturated carbocycles. The van der Waals surface area contributed by atoms with Crippen LogP contribution in [0.4, 0.5) is 0 Å². The number of nitrogens with zero attached hydrogens (tertiary/aromatic N) is 4. The second kappa shape index (κ2) is 12.1. The largest absolute Gasteiger partial charge is 0.491 e. The van der Waals surface area contributed by atoms with E-state index in [1.807, 2.05) is 24.3 Å². The third-order valence-electron chi connectivity index (χ3n) is 5.87. The van der Waals surface area contributed by atoms with Gasteiger partial charge in [-0.15, -0.1) is 12.4 Å². The maximum Gasteiger partial charge on any atom is 0.305 e. The molecule has 10 nitrogen and oxygen atoms in total. The number of nitrogens with two attached hydrogens (primary N) is 1. The highest BCUT2D eigenvalue weighted by Gasteiger charge is 2.37. The first-order valence-corrected chi connectivity index (χ1v) is 11.1. The number of methoxy groups -OCH3 is 1. The SMILES string of the molecule is COC(=O)C[C@@H]1C[C@@H](COc2ccc(-c3ncc(C(=N)N)cn3)cc2)N(C(=O)c2cccnc2)C1.Cl. The van der Waals surface area contributed by atoms with Crippen LogP contribution in [0.2, 0.25) is 0 Å². The van der Waals surface area contributed by atoms with Gasteiger partial charge in [0.25, 0.3) is 5.91 Å². The summed E-state index contributed by atoms with van der Waals surface area (Å²) in [6, 6.07) is 10.6. The summed E-state index contributed by atoms with van der Waals surface area (Å²) in [5.74, 6) is 0.627. The van der Waals surface area contributed by atoms with Crippen molar-refractivity contribution >= 4 is 30.1 Å². The minimum Gasteiger partial charge on any atom is -0.491 e. The summed E-state index contributed by atoms with van der Waals surface area (Å²) in [5, 5.41) is 7.43.